The Morgan fingerprint density at radius 1 is 1.57 bits per heavy atom. The minimum Gasteiger partial charge on any atom is -0.482 e. The number of aromatic nitrogens is 2. The Morgan fingerprint density at radius 2 is 2.36 bits per heavy atom. The summed E-state index contributed by atoms with van der Waals surface area (Å²) in [5.41, 5.74) is 1.05. The zero-order chi connectivity index (χ0) is 10.1. The van der Waals surface area contributed by atoms with Gasteiger partial charge in [0.25, 0.3) is 0 Å². The van der Waals surface area contributed by atoms with Crippen LogP contribution in [0.2, 0.25) is 0 Å². The highest BCUT2D eigenvalue weighted by molar-refractivity contribution is 9.10. The van der Waals surface area contributed by atoms with E-state index in [1.807, 2.05) is 6.07 Å². The molecule has 0 fully saturated rings. The van der Waals surface area contributed by atoms with E-state index in [-0.39, 0.29) is 0 Å². The van der Waals surface area contributed by atoms with Crippen molar-refractivity contribution in [2.75, 3.05) is 7.11 Å². The maximum Gasteiger partial charge on any atom is 0.199 e. The van der Waals surface area contributed by atoms with Crippen LogP contribution in [-0.2, 0) is 0 Å². The average Bonchev–Trinajstić information content (AvgIpc) is 2.55. The van der Waals surface area contributed by atoms with E-state index in [1.165, 1.54) is 0 Å². The Morgan fingerprint density at radius 3 is 3.00 bits per heavy atom. The highest BCUT2D eigenvalue weighted by atomic mass is 79.9. The number of nitrogens with zero attached hydrogens (tertiary/aromatic N) is 2. The molecule has 5 heteroatoms. The summed E-state index contributed by atoms with van der Waals surface area (Å²) in [6, 6.07) is 5.43. The standard InChI is InChI=1S/C9H7BrN2O2/c1-14-8-4-2-3-7-11-6(5-13)9(10)12(7)8/h2-5H,1H3. The van der Waals surface area contributed by atoms with Gasteiger partial charge in [-0.25, -0.2) is 4.98 Å². The number of imidazole rings is 1. The molecule has 2 rings (SSSR count). The van der Waals surface area contributed by atoms with Crippen LogP contribution in [0.15, 0.2) is 22.8 Å². The normalized spacial score (nSPS) is 10.4. The van der Waals surface area contributed by atoms with Gasteiger partial charge in [-0.15, -0.1) is 0 Å². The fourth-order valence-corrected chi connectivity index (χ4v) is 1.82. The predicted octanol–water partition coefficient (Wildman–Crippen LogP) is 1.92. The lowest BCUT2D eigenvalue weighted by Crippen LogP contribution is -1.93. The lowest BCUT2D eigenvalue weighted by atomic mass is 10.4. The first-order valence-electron chi connectivity index (χ1n) is 3.94. The number of hydrogen-bond acceptors (Lipinski definition) is 3. The number of aldehydes is 1. The van der Waals surface area contributed by atoms with E-state index in [1.54, 1.807) is 23.6 Å². The van der Waals surface area contributed by atoms with Crippen molar-refractivity contribution < 1.29 is 9.53 Å². The van der Waals surface area contributed by atoms with Crippen LogP contribution in [0.25, 0.3) is 5.65 Å². The fraction of sp³-hybridized carbons (Fsp3) is 0.111. The zero-order valence-electron chi connectivity index (χ0n) is 7.40. The Bertz CT molecular complexity index is 493. The Kier molecular flexibility index (Phi) is 2.25. The second kappa shape index (κ2) is 3.42. The molecule has 72 valence electrons. The maximum atomic E-state index is 10.6. The van der Waals surface area contributed by atoms with E-state index in [0.29, 0.717) is 28.1 Å². The molecular weight excluding hydrogens is 248 g/mol. The van der Waals surface area contributed by atoms with Gasteiger partial charge in [-0.3, -0.25) is 9.20 Å². The van der Waals surface area contributed by atoms with Crippen LogP contribution in [0.5, 0.6) is 5.88 Å². The van der Waals surface area contributed by atoms with E-state index in [4.69, 9.17) is 4.74 Å². The highest BCUT2D eigenvalue weighted by Crippen LogP contribution is 2.23. The molecule has 0 aliphatic carbocycles. The largest absolute Gasteiger partial charge is 0.482 e. The second-order valence-corrected chi connectivity index (χ2v) is 3.42. The number of carbonyl (C=O) groups is 1. The van der Waals surface area contributed by atoms with Gasteiger partial charge in [0, 0.05) is 0 Å². The maximum absolute atomic E-state index is 10.6. The number of fused-ring (bicyclic) bond motifs is 1. The second-order valence-electron chi connectivity index (χ2n) is 2.67. The molecule has 0 aliphatic rings. The number of hydrogen-bond donors (Lipinski definition) is 0. The minimum atomic E-state index is 0.370. The summed E-state index contributed by atoms with van der Waals surface area (Å²) in [6.07, 6.45) is 0.705. The molecule has 2 heterocycles. The first kappa shape index (κ1) is 9.21. The molecule has 0 aliphatic heterocycles. The van der Waals surface area contributed by atoms with Gasteiger partial charge in [0.15, 0.2) is 12.2 Å². The summed E-state index contributed by atoms with van der Waals surface area (Å²) in [4.78, 5) is 14.8. The van der Waals surface area contributed by atoms with Gasteiger partial charge in [0.1, 0.15) is 15.9 Å². The molecule has 2 aromatic heterocycles. The van der Waals surface area contributed by atoms with Crippen molar-refractivity contribution in [2.24, 2.45) is 0 Å². The summed E-state index contributed by atoms with van der Waals surface area (Å²) < 4.78 is 7.48. The predicted molar refractivity (Wildman–Crippen MR) is 54.8 cm³/mol. The van der Waals surface area contributed by atoms with E-state index >= 15 is 0 Å². The molecule has 0 saturated carbocycles. The summed E-state index contributed by atoms with van der Waals surface area (Å²) in [7, 11) is 1.57. The van der Waals surface area contributed by atoms with Gasteiger partial charge in [0.05, 0.1) is 7.11 Å². The molecular formula is C9H7BrN2O2. The quantitative estimate of drug-likeness (QED) is 0.770. The molecule has 0 saturated heterocycles. The first-order chi connectivity index (χ1) is 6.77. The van der Waals surface area contributed by atoms with E-state index in [0.717, 1.165) is 0 Å². The molecule has 4 nitrogen and oxygen atoms in total. The molecule has 0 bridgehead atoms. The summed E-state index contributed by atoms with van der Waals surface area (Å²) in [6.45, 7) is 0. The summed E-state index contributed by atoms with van der Waals surface area (Å²) in [5, 5.41) is 0. The molecule has 0 aromatic carbocycles. The third-order valence-corrected chi connectivity index (χ3v) is 2.66. The summed E-state index contributed by atoms with van der Waals surface area (Å²) in [5.74, 6) is 0.634. The van der Waals surface area contributed by atoms with Crippen LogP contribution in [0.1, 0.15) is 10.5 Å². The van der Waals surface area contributed by atoms with Crippen LogP contribution >= 0.6 is 15.9 Å². The fourth-order valence-electron chi connectivity index (χ4n) is 1.28. The summed E-state index contributed by atoms with van der Waals surface area (Å²) >= 11 is 3.29. The van der Waals surface area contributed by atoms with Gasteiger partial charge >= 0.3 is 0 Å². The third-order valence-electron chi connectivity index (χ3n) is 1.90. The Labute approximate surface area is 88.6 Å². The van der Waals surface area contributed by atoms with Crippen molar-refractivity contribution in [2.45, 2.75) is 0 Å². The van der Waals surface area contributed by atoms with E-state index in [2.05, 4.69) is 20.9 Å². The average molecular weight is 255 g/mol. The van der Waals surface area contributed by atoms with Crippen LogP contribution < -0.4 is 4.74 Å². The smallest absolute Gasteiger partial charge is 0.199 e. The highest BCUT2D eigenvalue weighted by Gasteiger charge is 2.11. The van der Waals surface area contributed by atoms with Gasteiger partial charge in [0.2, 0.25) is 0 Å². The van der Waals surface area contributed by atoms with E-state index in [9.17, 15) is 4.79 Å². The molecule has 14 heavy (non-hydrogen) atoms. The van der Waals surface area contributed by atoms with Crippen LogP contribution in [0.3, 0.4) is 0 Å². The van der Waals surface area contributed by atoms with Crippen molar-refractivity contribution >= 4 is 27.9 Å². The number of pyridine rings is 1. The number of carbonyl (C=O) groups excluding carboxylic acids is 1. The van der Waals surface area contributed by atoms with Crippen molar-refractivity contribution in [1.29, 1.82) is 0 Å². The SMILES string of the molecule is COc1cccc2nc(C=O)c(Br)n12. The molecule has 0 spiro atoms. The molecule has 0 N–H and O–H groups in total. The lowest BCUT2D eigenvalue weighted by molar-refractivity contribution is 0.111. The van der Waals surface area contributed by atoms with Gasteiger partial charge in [-0.1, -0.05) is 6.07 Å². The van der Waals surface area contributed by atoms with Crippen molar-refractivity contribution in [3.05, 3.63) is 28.5 Å². The topological polar surface area (TPSA) is 43.6 Å². The first-order valence-corrected chi connectivity index (χ1v) is 4.73. The molecule has 0 unspecified atom stereocenters. The number of halogens is 1. The van der Waals surface area contributed by atoms with E-state index < -0.39 is 0 Å². The Balaban J connectivity index is 2.85. The molecule has 0 amide bonds. The van der Waals surface area contributed by atoms with Crippen molar-refractivity contribution in [3.63, 3.8) is 0 Å². The van der Waals surface area contributed by atoms with Crippen LogP contribution in [0.4, 0.5) is 0 Å². The van der Waals surface area contributed by atoms with Gasteiger partial charge in [-0.05, 0) is 28.1 Å². The Hall–Kier alpha value is -1.36. The number of methoxy groups -OCH3 is 1. The number of rotatable bonds is 2. The molecule has 0 atom stereocenters. The van der Waals surface area contributed by atoms with Gasteiger partial charge in [-0.2, -0.15) is 0 Å². The number of ether oxygens (including phenoxy) is 1. The molecule has 2 aromatic rings. The van der Waals surface area contributed by atoms with Gasteiger partial charge < -0.3 is 4.74 Å². The van der Waals surface area contributed by atoms with Crippen molar-refractivity contribution in [1.82, 2.24) is 9.38 Å². The van der Waals surface area contributed by atoms with Crippen LogP contribution in [-0.4, -0.2) is 22.8 Å². The monoisotopic (exact) mass is 254 g/mol. The third kappa shape index (κ3) is 1.21. The molecule has 0 radical (unpaired) electrons. The zero-order valence-corrected chi connectivity index (χ0v) is 8.98. The van der Waals surface area contributed by atoms with Crippen molar-refractivity contribution in [3.8, 4) is 5.88 Å². The minimum absolute atomic E-state index is 0.370. The lowest BCUT2D eigenvalue weighted by Gasteiger charge is -2.03. The van der Waals surface area contributed by atoms with Crippen LogP contribution in [0, 0.1) is 0 Å².